The molecule has 0 aromatic carbocycles. The number of ether oxygens (including phenoxy) is 3. The van der Waals surface area contributed by atoms with Gasteiger partial charge < -0.3 is 19.5 Å². The van der Waals surface area contributed by atoms with Crippen LogP contribution in [0.1, 0.15) is 5.69 Å². The molecule has 1 aliphatic heterocycles. The van der Waals surface area contributed by atoms with Crippen LogP contribution in [-0.4, -0.2) is 63.5 Å². The van der Waals surface area contributed by atoms with Crippen molar-refractivity contribution in [3.8, 4) is 11.5 Å². The molecule has 20 heavy (non-hydrogen) atoms. The van der Waals surface area contributed by atoms with Crippen LogP contribution in [0.15, 0.2) is 12.3 Å². The third-order valence-corrected chi connectivity index (χ3v) is 3.31. The zero-order valence-corrected chi connectivity index (χ0v) is 12.4. The fourth-order valence-electron chi connectivity index (χ4n) is 2.37. The average Bonchev–Trinajstić information content (AvgIpc) is 2.47. The minimum atomic E-state index is 0.227. The van der Waals surface area contributed by atoms with E-state index in [0.29, 0.717) is 18.0 Å². The van der Waals surface area contributed by atoms with Crippen LogP contribution in [0.4, 0.5) is 0 Å². The molecule has 6 heteroatoms. The average molecular weight is 281 g/mol. The van der Waals surface area contributed by atoms with E-state index in [1.54, 1.807) is 26.5 Å². The fourth-order valence-corrected chi connectivity index (χ4v) is 2.37. The Morgan fingerprint density at radius 2 is 2.30 bits per heavy atom. The van der Waals surface area contributed by atoms with Gasteiger partial charge in [0, 0.05) is 38.4 Å². The van der Waals surface area contributed by atoms with E-state index in [9.17, 15) is 0 Å². The first-order chi connectivity index (χ1) is 9.74. The number of pyridine rings is 1. The first-order valence-corrected chi connectivity index (χ1v) is 6.81. The summed E-state index contributed by atoms with van der Waals surface area (Å²) >= 11 is 0. The summed E-state index contributed by atoms with van der Waals surface area (Å²) in [6, 6.07) is 1.80. The van der Waals surface area contributed by atoms with Gasteiger partial charge in [0.1, 0.15) is 5.69 Å². The van der Waals surface area contributed by atoms with Crippen molar-refractivity contribution in [1.82, 2.24) is 15.2 Å². The van der Waals surface area contributed by atoms with Gasteiger partial charge in [0.15, 0.2) is 11.5 Å². The fraction of sp³-hybridized carbons (Fsp3) is 0.643. The summed E-state index contributed by atoms with van der Waals surface area (Å²) in [6.45, 7) is 4.16. The van der Waals surface area contributed by atoms with Crippen LogP contribution < -0.4 is 14.8 Å². The maximum atomic E-state index is 5.71. The van der Waals surface area contributed by atoms with Crippen molar-refractivity contribution in [2.24, 2.45) is 0 Å². The number of morpholine rings is 1. The summed E-state index contributed by atoms with van der Waals surface area (Å²) in [4.78, 5) is 6.57. The lowest BCUT2D eigenvalue weighted by atomic mass is 10.2. The molecule has 1 aromatic rings. The van der Waals surface area contributed by atoms with Crippen LogP contribution in [-0.2, 0) is 11.3 Å². The zero-order chi connectivity index (χ0) is 14.4. The number of rotatable bonds is 6. The van der Waals surface area contributed by atoms with Gasteiger partial charge >= 0.3 is 0 Å². The molecule has 1 fully saturated rings. The summed E-state index contributed by atoms with van der Waals surface area (Å²) in [5.41, 5.74) is 0.873. The summed E-state index contributed by atoms with van der Waals surface area (Å²) < 4.78 is 16.4. The molecule has 112 valence electrons. The number of nitrogens with zero attached hydrogens (tertiary/aromatic N) is 2. The van der Waals surface area contributed by atoms with Crippen molar-refractivity contribution in [1.29, 1.82) is 0 Å². The van der Waals surface area contributed by atoms with Crippen LogP contribution in [0.3, 0.4) is 0 Å². The molecular weight excluding hydrogens is 258 g/mol. The third kappa shape index (κ3) is 3.82. The molecule has 0 saturated carbocycles. The first kappa shape index (κ1) is 15.0. The number of likely N-dealkylation sites (N-methyl/N-ethyl adjacent to an activating group) is 1. The van der Waals surface area contributed by atoms with Gasteiger partial charge in [0.25, 0.3) is 0 Å². The van der Waals surface area contributed by atoms with Gasteiger partial charge in [-0.1, -0.05) is 0 Å². The molecule has 0 amide bonds. The molecule has 1 unspecified atom stereocenters. The lowest BCUT2D eigenvalue weighted by molar-refractivity contribution is 0.00856. The van der Waals surface area contributed by atoms with Gasteiger partial charge in [0.05, 0.1) is 26.9 Å². The number of aromatic nitrogens is 1. The molecule has 2 rings (SSSR count). The summed E-state index contributed by atoms with van der Waals surface area (Å²) in [7, 11) is 5.32. The molecule has 1 aliphatic rings. The maximum Gasteiger partial charge on any atom is 0.183 e. The molecule has 1 N–H and O–H groups in total. The highest BCUT2D eigenvalue weighted by atomic mass is 16.5. The molecule has 0 radical (unpaired) electrons. The quantitative estimate of drug-likeness (QED) is 0.820. The monoisotopic (exact) mass is 281 g/mol. The maximum absolute atomic E-state index is 5.71. The Morgan fingerprint density at radius 3 is 2.95 bits per heavy atom. The topological polar surface area (TPSA) is 55.9 Å². The van der Waals surface area contributed by atoms with Crippen molar-refractivity contribution in [2.75, 3.05) is 47.5 Å². The van der Waals surface area contributed by atoms with Crippen molar-refractivity contribution in [3.63, 3.8) is 0 Å². The molecule has 2 heterocycles. The molecule has 1 aromatic heterocycles. The van der Waals surface area contributed by atoms with Crippen LogP contribution >= 0.6 is 0 Å². The Labute approximate surface area is 120 Å². The van der Waals surface area contributed by atoms with Crippen LogP contribution in [0.25, 0.3) is 0 Å². The number of hydrogen-bond donors (Lipinski definition) is 1. The highest BCUT2D eigenvalue weighted by molar-refractivity contribution is 5.42. The van der Waals surface area contributed by atoms with Gasteiger partial charge in [-0.15, -0.1) is 0 Å². The summed E-state index contributed by atoms with van der Waals surface area (Å²) in [5, 5.41) is 3.33. The summed E-state index contributed by atoms with van der Waals surface area (Å²) in [6.07, 6.45) is 1.97. The van der Waals surface area contributed by atoms with Gasteiger partial charge in [-0.2, -0.15) is 0 Å². The highest BCUT2D eigenvalue weighted by Crippen LogP contribution is 2.29. The smallest absolute Gasteiger partial charge is 0.183 e. The number of methoxy groups -OCH3 is 2. The van der Waals surface area contributed by atoms with Crippen LogP contribution in [0.5, 0.6) is 11.5 Å². The number of nitrogens with one attached hydrogen (secondary N) is 1. The Balaban J connectivity index is 1.97. The normalized spacial score (nSPS) is 19.1. The van der Waals surface area contributed by atoms with E-state index in [1.165, 1.54) is 0 Å². The van der Waals surface area contributed by atoms with E-state index in [4.69, 9.17) is 14.2 Å². The standard InChI is InChI=1S/C14H23N3O3/c1-17(9-11-8-15-6-7-20-11)10-12-14(19-3)13(18-2)4-5-16-12/h4-5,11,15H,6-10H2,1-3H3. The Kier molecular flexibility index (Phi) is 5.58. The third-order valence-electron chi connectivity index (χ3n) is 3.31. The van der Waals surface area contributed by atoms with Crippen molar-refractivity contribution >= 4 is 0 Å². The predicted molar refractivity (Wildman–Crippen MR) is 76.3 cm³/mol. The van der Waals surface area contributed by atoms with E-state index in [0.717, 1.165) is 31.9 Å². The molecule has 1 atom stereocenters. The second kappa shape index (κ2) is 7.42. The van der Waals surface area contributed by atoms with Crippen molar-refractivity contribution in [3.05, 3.63) is 18.0 Å². The molecule has 0 spiro atoms. The lowest BCUT2D eigenvalue weighted by Gasteiger charge is -2.28. The van der Waals surface area contributed by atoms with Gasteiger partial charge in [-0.25, -0.2) is 0 Å². The van der Waals surface area contributed by atoms with Crippen molar-refractivity contribution < 1.29 is 14.2 Å². The van der Waals surface area contributed by atoms with Gasteiger partial charge in [-0.3, -0.25) is 9.88 Å². The van der Waals surface area contributed by atoms with Crippen LogP contribution in [0.2, 0.25) is 0 Å². The minimum Gasteiger partial charge on any atom is -0.493 e. The lowest BCUT2D eigenvalue weighted by Crippen LogP contribution is -2.44. The zero-order valence-electron chi connectivity index (χ0n) is 12.4. The second-order valence-electron chi connectivity index (χ2n) is 4.89. The second-order valence-corrected chi connectivity index (χ2v) is 4.89. The van der Waals surface area contributed by atoms with E-state index in [1.807, 2.05) is 0 Å². The summed E-state index contributed by atoms with van der Waals surface area (Å²) in [5.74, 6) is 1.41. The molecule has 0 aliphatic carbocycles. The van der Waals surface area contributed by atoms with Gasteiger partial charge in [-0.05, 0) is 7.05 Å². The predicted octanol–water partition coefficient (Wildman–Crippen LogP) is 0.519. The van der Waals surface area contributed by atoms with E-state index >= 15 is 0 Å². The molecule has 0 bridgehead atoms. The largest absolute Gasteiger partial charge is 0.493 e. The molecular formula is C14H23N3O3. The van der Waals surface area contributed by atoms with Crippen LogP contribution in [0, 0.1) is 0 Å². The van der Waals surface area contributed by atoms with E-state index in [-0.39, 0.29) is 6.10 Å². The Bertz CT molecular complexity index is 422. The van der Waals surface area contributed by atoms with E-state index in [2.05, 4.69) is 22.2 Å². The Hall–Kier alpha value is -1.37. The Morgan fingerprint density at radius 1 is 1.45 bits per heavy atom. The number of hydrogen-bond acceptors (Lipinski definition) is 6. The minimum absolute atomic E-state index is 0.227. The van der Waals surface area contributed by atoms with Crippen molar-refractivity contribution in [2.45, 2.75) is 12.6 Å². The van der Waals surface area contributed by atoms with E-state index < -0.39 is 0 Å². The molecule has 1 saturated heterocycles. The first-order valence-electron chi connectivity index (χ1n) is 6.81. The molecule has 6 nitrogen and oxygen atoms in total. The SMILES string of the molecule is COc1ccnc(CN(C)CC2CNCCO2)c1OC. The van der Waals surface area contributed by atoms with Gasteiger partial charge in [0.2, 0.25) is 0 Å². The highest BCUT2D eigenvalue weighted by Gasteiger charge is 2.18.